The maximum absolute atomic E-state index is 11.5. The first-order valence-corrected chi connectivity index (χ1v) is 8.56. The second-order valence-corrected chi connectivity index (χ2v) is 5.84. The molecule has 0 saturated heterocycles. The zero-order chi connectivity index (χ0) is 19.2. The molecule has 0 fully saturated rings. The summed E-state index contributed by atoms with van der Waals surface area (Å²) in [6, 6.07) is 10.6. The number of hydrogen-bond donors (Lipinski definition) is 2. The van der Waals surface area contributed by atoms with E-state index in [2.05, 4.69) is 20.3 Å². The van der Waals surface area contributed by atoms with E-state index < -0.39 is 5.97 Å². The minimum atomic E-state index is -1.04. The van der Waals surface area contributed by atoms with Crippen LogP contribution in [0.2, 0.25) is 0 Å². The Balaban J connectivity index is 1.84. The van der Waals surface area contributed by atoms with Crippen LogP contribution in [0.5, 0.6) is 5.75 Å². The molecule has 7 heteroatoms. The lowest BCUT2D eigenvalue weighted by Crippen LogP contribution is -2.07. The molecule has 0 radical (unpaired) electrons. The topological polar surface area (TPSA) is 97.2 Å². The average Bonchev–Trinajstić information content (AvgIpc) is 2.68. The van der Waals surface area contributed by atoms with Crippen molar-refractivity contribution in [2.45, 2.75) is 20.4 Å². The quantitative estimate of drug-likeness (QED) is 0.661. The van der Waals surface area contributed by atoms with E-state index in [1.54, 1.807) is 36.7 Å². The van der Waals surface area contributed by atoms with Crippen LogP contribution in [0.4, 0.5) is 5.95 Å². The third-order valence-corrected chi connectivity index (χ3v) is 3.99. The summed E-state index contributed by atoms with van der Waals surface area (Å²) in [7, 11) is 0. The number of nitrogens with zero attached hydrogens (tertiary/aromatic N) is 3. The number of aromatic carboxylic acids is 1. The van der Waals surface area contributed by atoms with Gasteiger partial charge in [0.05, 0.1) is 24.5 Å². The van der Waals surface area contributed by atoms with E-state index in [1.807, 2.05) is 26.0 Å². The number of rotatable bonds is 7. The van der Waals surface area contributed by atoms with Crippen molar-refractivity contribution in [1.82, 2.24) is 15.0 Å². The monoisotopic (exact) mass is 364 g/mol. The number of aryl methyl sites for hydroxylation is 1. The molecule has 0 aliphatic rings. The number of hydrogen-bond acceptors (Lipinski definition) is 6. The molecular weight excluding hydrogens is 344 g/mol. The highest BCUT2D eigenvalue weighted by Gasteiger charge is 2.14. The minimum Gasteiger partial charge on any atom is -0.493 e. The van der Waals surface area contributed by atoms with Gasteiger partial charge in [-0.2, -0.15) is 0 Å². The van der Waals surface area contributed by atoms with Crippen molar-refractivity contribution in [2.24, 2.45) is 0 Å². The first-order valence-electron chi connectivity index (χ1n) is 8.56. The molecule has 1 aromatic carbocycles. The van der Waals surface area contributed by atoms with Crippen LogP contribution in [0.25, 0.3) is 11.3 Å². The molecule has 7 nitrogen and oxygen atoms in total. The van der Waals surface area contributed by atoms with Crippen LogP contribution in [0.15, 0.2) is 48.8 Å². The maximum atomic E-state index is 11.5. The number of nitrogens with one attached hydrogen (secondary N) is 1. The van der Waals surface area contributed by atoms with Gasteiger partial charge in [0.1, 0.15) is 11.3 Å². The predicted octanol–water partition coefficient (Wildman–Crippen LogP) is 3.56. The van der Waals surface area contributed by atoms with Crippen molar-refractivity contribution < 1.29 is 14.6 Å². The molecule has 0 saturated carbocycles. The van der Waals surface area contributed by atoms with Gasteiger partial charge in [0.15, 0.2) is 0 Å². The summed E-state index contributed by atoms with van der Waals surface area (Å²) in [4.78, 5) is 24.5. The lowest BCUT2D eigenvalue weighted by molar-refractivity contribution is 0.0692. The Labute approximate surface area is 157 Å². The Morgan fingerprint density at radius 1 is 1.19 bits per heavy atom. The Kier molecular flexibility index (Phi) is 5.61. The van der Waals surface area contributed by atoms with Crippen molar-refractivity contribution in [3.63, 3.8) is 0 Å². The van der Waals surface area contributed by atoms with E-state index in [4.69, 9.17) is 4.74 Å². The number of ether oxygens (including phenoxy) is 1. The molecule has 2 aromatic heterocycles. The normalized spacial score (nSPS) is 10.4. The summed E-state index contributed by atoms with van der Waals surface area (Å²) in [5.74, 6) is -0.256. The number of carbonyl (C=O) groups is 1. The summed E-state index contributed by atoms with van der Waals surface area (Å²) in [6.07, 6.45) is 3.38. The zero-order valence-corrected chi connectivity index (χ0v) is 15.1. The summed E-state index contributed by atoms with van der Waals surface area (Å²) >= 11 is 0. The number of aromatic nitrogens is 3. The highest BCUT2D eigenvalue weighted by Crippen LogP contribution is 2.26. The molecule has 3 rings (SSSR count). The van der Waals surface area contributed by atoms with E-state index in [9.17, 15) is 9.90 Å². The number of anilines is 1. The fraction of sp³-hybridized carbons (Fsp3) is 0.200. The third kappa shape index (κ3) is 4.38. The maximum Gasteiger partial charge on any atom is 0.339 e. The van der Waals surface area contributed by atoms with Gasteiger partial charge < -0.3 is 15.2 Å². The fourth-order valence-electron chi connectivity index (χ4n) is 2.61. The highest BCUT2D eigenvalue weighted by atomic mass is 16.5. The summed E-state index contributed by atoms with van der Waals surface area (Å²) in [5.41, 5.74) is 3.40. The zero-order valence-electron chi connectivity index (χ0n) is 15.1. The van der Waals surface area contributed by atoms with Crippen molar-refractivity contribution in [3.8, 4) is 17.0 Å². The molecular formula is C20H20N4O3. The molecule has 0 spiro atoms. The van der Waals surface area contributed by atoms with Crippen LogP contribution < -0.4 is 10.1 Å². The molecule has 3 aromatic rings. The average molecular weight is 364 g/mol. The van der Waals surface area contributed by atoms with Gasteiger partial charge in [0.2, 0.25) is 5.95 Å². The molecule has 0 bridgehead atoms. The van der Waals surface area contributed by atoms with E-state index in [0.29, 0.717) is 36.1 Å². The largest absolute Gasteiger partial charge is 0.493 e. The molecule has 0 amide bonds. The molecule has 0 unspecified atom stereocenters. The molecule has 2 heterocycles. The van der Waals surface area contributed by atoms with Crippen LogP contribution in [0, 0.1) is 6.92 Å². The number of pyridine rings is 1. The molecule has 27 heavy (non-hydrogen) atoms. The van der Waals surface area contributed by atoms with Crippen molar-refractivity contribution in [3.05, 3.63) is 65.6 Å². The van der Waals surface area contributed by atoms with Gasteiger partial charge in [-0.1, -0.05) is 6.07 Å². The van der Waals surface area contributed by atoms with E-state index >= 15 is 0 Å². The second kappa shape index (κ2) is 8.27. The summed E-state index contributed by atoms with van der Waals surface area (Å²) in [5, 5.41) is 12.6. The van der Waals surface area contributed by atoms with Gasteiger partial charge in [-0.15, -0.1) is 0 Å². The first-order chi connectivity index (χ1) is 13.1. The predicted molar refractivity (Wildman–Crippen MR) is 102 cm³/mol. The molecule has 0 aliphatic carbocycles. The molecule has 0 aliphatic heterocycles. The fourth-order valence-corrected chi connectivity index (χ4v) is 2.61. The SMILES string of the molecule is CCOc1ccc(-c2ccnc(NCc3ncccc3C)n2)cc1C(=O)O. The smallest absolute Gasteiger partial charge is 0.339 e. The third-order valence-electron chi connectivity index (χ3n) is 3.99. The van der Waals surface area contributed by atoms with Gasteiger partial charge in [-0.3, -0.25) is 4.98 Å². The van der Waals surface area contributed by atoms with Crippen molar-refractivity contribution >= 4 is 11.9 Å². The number of carboxylic acid groups (broad SMARTS) is 1. The van der Waals surface area contributed by atoms with Crippen LogP contribution in [0.1, 0.15) is 28.5 Å². The lowest BCUT2D eigenvalue weighted by Gasteiger charge is -2.10. The van der Waals surface area contributed by atoms with E-state index in [0.717, 1.165) is 11.3 Å². The van der Waals surface area contributed by atoms with Crippen LogP contribution in [0.3, 0.4) is 0 Å². The number of benzene rings is 1. The Morgan fingerprint density at radius 2 is 2.04 bits per heavy atom. The number of carboxylic acids is 1. The van der Waals surface area contributed by atoms with Gasteiger partial charge >= 0.3 is 5.97 Å². The Bertz CT molecular complexity index is 959. The summed E-state index contributed by atoms with van der Waals surface area (Å²) < 4.78 is 5.38. The van der Waals surface area contributed by atoms with Gasteiger partial charge in [-0.05, 0) is 49.7 Å². The van der Waals surface area contributed by atoms with Gasteiger partial charge in [0, 0.05) is 18.0 Å². The van der Waals surface area contributed by atoms with Crippen molar-refractivity contribution in [2.75, 3.05) is 11.9 Å². The lowest BCUT2D eigenvalue weighted by atomic mass is 10.1. The van der Waals surface area contributed by atoms with E-state index in [-0.39, 0.29) is 5.56 Å². The minimum absolute atomic E-state index is 0.103. The first kappa shape index (κ1) is 18.3. The summed E-state index contributed by atoms with van der Waals surface area (Å²) in [6.45, 7) is 4.70. The van der Waals surface area contributed by atoms with Crippen LogP contribution >= 0.6 is 0 Å². The van der Waals surface area contributed by atoms with Crippen LogP contribution in [-0.4, -0.2) is 32.6 Å². The Morgan fingerprint density at radius 3 is 2.78 bits per heavy atom. The highest BCUT2D eigenvalue weighted by molar-refractivity contribution is 5.92. The van der Waals surface area contributed by atoms with Gasteiger partial charge in [-0.25, -0.2) is 14.8 Å². The Hall–Kier alpha value is -3.48. The van der Waals surface area contributed by atoms with Crippen molar-refractivity contribution in [1.29, 1.82) is 0 Å². The second-order valence-electron chi connectivity index (χ2n) is 5.84. The molecule has 0 atom stereocenters. The molecule has 138 valence electrons. The standard InChI is InChI=1S/C20H20N4O3/c1-3-27-18-7-6-14(11-15(18)19(25)26)16-8-10-22-20(24-16)23-12-17-13(2)5-4-9-21-17/h4-11H,3,12H2,1-2H3,(H,25,26)(H,22,23,24). The van der Waals surface area contributed by atoms with E-state index in [1.165, 1.54) is 0 Å². The van der Waals surface area contributed by atoms with Gasteiger partial charge in [0.25, 0.3) is 0 Å². The molecule has 2 N–H and O–H groups in total. The van der Waals surface area contributed by atoms with Crippen LogP contribution in [-0.2, 0) is 6.54 Å².